The smallest absolute Gasteiger partial charge is 0.256 e. The lowest BCUT2D eigenvalue weighted by Crippen LogP contribution is -2.36. The number of hydrogen-bond donors (Lipinski definition) is 2. The minimum absolute atomic E-state index is 0.0670. The van der Waals surface area contributed by atoms with Gasteiger partial charge in [-0.1, -0.05) is 30.3 Å². The number of amides is 2. The third-order valence-electron chi connectivity index (χ3n) is 6.91. The Hall–Kier alpha value is -3.13. The number of methoxy groups -OCH3 is 2. The third-order valence-corrected chi connectivity index (χ3v) is 9.96. The van der Waals surface area contributed by atoms with E-state index in [1.54, 1.807) is 7.05 Å². The Morgan fingerprint density at radius 3 is 2.24 bits per heavy atom. The van der Waals surface area contributed by atoms with Gasteiger partial charge in [-0.3, -0.25) is 14.5 Å². The van der Waals surface area contributed by atoms with E-state index in [1.807, 2.05) is 18.2 Å². The number of nitrogens with zero attached hydrogens (tertiary/aromatic N) is 2. The van der Waals surface area contributed by atoms with Crippen molar-refractivity contribution < 1.29 is 27.5 Å². The van der Waals surface area contributed by atoms with Gasteiger partial charge in [0.25, 0.3) is 11.8 Å². The molecule has 0 saturated heterocycles. The lowest BCUT2D eigenvalue weighted by molar-refractivity contribution is 0.0962. The summed E-state index contributed by atoms with van der Waals surface area (Å²) >= 11 is 1.41. The molecule has 2 heterocycles. The van der Waals surface area contributed by atoms with E-state index < -0.39 is 15.9 Å². The normalized spacial score (nSPS) is 13.7. The molecule has 0 unspecified atom stereocenters. The monoisotopic (exact) mass is 600 g/mol. The van der Waals surface area contributed by atoms with Gasteiger partial charge < -0.3 is 20.1 Å². The molecule has 0 fully saturated rings. The van der Waals surface area contributed by atoms with Crippen molar-refractivity contribution in [3.8, 4) is 0 Å². The highest BCUT2D eigenvalue weighted by molar-refractivity contribution is 7.89. The summed E-state index contributed by atoms with van der Waals surface area (Å²) in [6.07, 6.45) is 0.701. The average molecular weight is 601 g/mol. The summed E-state index contributed by atoms with van der Waals surface area (Å²) in [4.78, 5) is 29.5. The molecule has 1 aromatic heterocycles. The first kappa shape index (κ1) is 30.8. The van der Waals surface area contributed by atoms with Crippen molar-refractivity contribution in [3.05, 3.63) is 81.7 Å². The third kappa shape index (κ3) is 7.39. The number of carbonyl (C=O) groups excluding carboxylic acids is 2. The molecule has 0 atom stereocenters. The first-order valence-corrected chi connectivity index (χ1v) is 15.6. The predicted molar refractivity (Wildman–Crippen MR) is 159 cm³/mol. The Balaban J connectivity index is 1.51. The number of rotatable bonds is 13. The maximum absolute atomic E-state index is 13.2. The van der Waals surface area contributed by atoms with E-state index in [-0.39, 0.29) is 42.7 Å². The minimum atomic E-state index is -3.81. The standard InChI is InChI=1S/C29H36N4O6S2/c1-30-28(35)26-24-13-14-32(19-21-7-5-4-6-8-21)20-25(24)40-29(26)31-27(34)22-9-11-23(12-10-22)41(36,37)33(15-17-38-2)16-18-39-3/h4-12H,13-20H2,1-3H3,(H,30,35)(H,31,34). The molecule has 1 aliphatic heterocycles. The maximum Gasteiger partial charge on any atom is 0.256 e. The lowest BCUT2D eigenvalue weighted by Gasteiger charge is -2.27. The molecule has 4 rings (SSSR count). The minimum Gasteiger partial charge on any atom is -0.383 e. The molecule has 220 valence electrons. The molecule has 0 saturated carbocycles. The van der Waals surface area contributed by atoms with Crippen LogP contribution in [0.1, 0.15) is 36.7 Å². The second-order valence-corrected chi connectivity index (χ2v) is 12.6. The molecule has 2 aromatic carbocycles. The summed E-state index contributed by atoms with van der Waals surface area (Å²) in [6, 6.07) is 16.0. The average Bonchev–Trinajstić information content (AvgIpc) is 3.34. The van der Waals surface area contributed by atoms with E-state index in [0.29, 0.717) is 23.5 Å². The number of fused-ring (bicyclic) bond motifs is 1. The molecular formula is C29H36N4O6S2. The number of ether oxygens (including phenoxy) is 2. The largest absolute Gasteiger partial charge is 0.383 e. The molecule has 41 heavy (non-hydrogen) atoms. The summed E-state index contributed by atoms with van der Waals surface area (Å²) in [5, 5.41) is 6.10. The fourth-order valence-corrected chi connectivity index (χ4v) is 7.42. The highest BCUT2D eigenvalue weighted by atomic mass is 32.2. The van der Waals surface area contributed by atoms with E-state index in [9.17, 15) is 18.0 Å². The van der Waals surface area contributed by atoms with Crippen molar-refractivity contribution in [3.63, 3.8) is 0 Å². The molecule has 2 amide bonds. The molecule has 0 radical (unpaired) electrons. The Kier molecular flexibility index (Phi) is 10.6. The van der Waals surface area contributed by atoms with Gasteiger partial charge in [-0.05, 0) is 41.8 Å². The van der Waals surface area contributed by atoms with E-state index in [0.717, 1.165) is 23.5 Å². The first-order chi connectivity index (χ1) is 19.8. The van der Waals surface area contributed by atoms with Crippen molar-refractivity contribution >= 4 is 38.2 Å². The van der Waals surface area contributed by atoms with Crippen LogP contribution in [-0.4, -0.2) is 83.6 Å². The SMILES string of the molecule is CNC(=O)c1c(NC(=O)c2ccc(S(=O)(=O)N(CCOC)CCOC)cc2)sc2c1CCN(Cc1ccccc1)C2. The zero-order valence-electron chi connectivity index (χ0n) is 23.5. The topological polar surface area (TPSA) is 117 Å². The van der Waals surface area contributed by atoms with Gasteiger partial charge in [0.15, 0.2) is 0 Å². The van der Waals surface area contributed by atoms with Crippen LogP contribution >= 0.6 is 11.3 Å². The Labute approximate surface area is 245 Å². The van der Waals surface area contributed by atoms with Crippen LogP contribution in [0.15, 0.2) is 59.5 Å². The van der Waals surface area contributed by atoms with Crippen molar-refractivity contribution in [2.45, 2.75) is 24.4 Å². The van der Waals surface area contributed by atoms with Crippen LogP contribution < -0.4 is 10.6 Å². The predicted octanol–water partition coefficient (Wildman–Crippen LogP) is 3.20. The molecule has 0 spiro atoms. The first-order valence-electron chi connectivity index (χ1n) is 13.3. The molecule has 10 nitrogen and oxygen atoms in total. The van der Waals surface area contributed by atoms with Gasteiger partial charge in [-0.25, -0.2) is 8.42 Å². The van der Waals surface area contributed by atoms with Crippen LogP contribution in [0, 0.1) is 0 Å². The van der Waals surface area contributed by atoms with E-state index >= 15 is 0 Å². The number of anilines is 1. The summed E-state index contributed by atoms with van der Waals surface area (Å²) in [5.74, 6) is -0.669. The highest BCUT2D eigenvalue weighted by Gasteiger charge is 2.29. The lowest BCUT2D eigenvalue weighted by atomic mass is 10.0. The van der Waals surface area contributed by atoms with Crippen LogP contribution in [0.2, 0.25) is 0 Å². The van der Waals surface area contributed by atoms with Crippen LogP contribution in [0.3, 0.4) is 0 Å². The summed E-state index contributed by atoms with van der Waals surface area (Å²) in [5.41, 5.74) is 2.96. The number of thiophene rings is 1. The molecule has 3 aromatic rings. The van der Waals surface area contributed by atoms with Crippen molar-refractivity contribution in [2.75, 3.05) is 59.4 Å². The van der Waals surface area contributed by atoms with Crippen LogP contribution in [-0.2, 0) is 39.0 Å². The molecule has 0 aliphatic carbocycles. The van der Waals surface area contributed by atoms with Gasteiger partial charge in [0, 0.05) is 64.4 Å². The zero-order chi connectivity index (χ0) is 29.4. The quantitative estimate of drug-likeness (QED) is 0.310. The highest BCUT2D eigenvalue weighted by Crippen LogP contribution is 2.37. The molecule has 12 heteroatoms. The number of nitrogens with one attached hydrogen (secondary N) is 2. The van der Waals surface area contributed by atoms with Gasteiger partial charge in [0.2, 0.25) is 10.0 Å². The van der Waals surface area contributed by atoms with Gasteiger partial charge in [-0.15, -0.1) is 11.3 Å². The van der Waals surface area contributed by atoms with E-state index in [4.69, 9.17) is 9.47 Å². The number of hydrogen-bond acceptors (Lipinski definition) is 8. The van der Waals surface area contributed by atoms with E-state index in [1.165, 1.54) is 59.7 Å². The van der Waals surface area contributed by atoms with Gasteiger partial charge >= 0.3 is 0 Å². The Morgan fingerprint density at radius 1 is 0.976 bits per heavy atom. The second-order valence-electron chi connectivity index (χ2n) is 9.60. The van der Waals surface area contributed by atoms with Crippen LogP contribution in [0.5, 0.6) is 0 Å². The number of benzene rings is 2. The Bertz CT molecular complexity index is 1430. The van der Waals surface area contributed by atoms with Gasteiger partial charge in [0.1, 0.15) is 5.00 Å². The molecule has 2 N–H and O–H groups in total. The fourth-order valence-electron chi connectivity index (χ4n) is 4.73. The van der Waals surface area contributed by atoms with Crippen molar-refractivity contribution in [1.29, 1.82) is 0 Å². The van der Waals surface area contributed by atoms with Gasteiger partial charge in [0.05, 0.1) is 23.7 Å². The molecular weight excluding hydrogens is 564 g/mol. The zero-order valence-corrected chi connectivity index (χ0v) is 25.1. The summed E-state index contributed by atoms with van der Waals surface area (Å²) in [6.45, 7) is 3.13. The van der Waals surface area contributed by atoms with Gasteiger partial charge in [-0.2, -0.15) is 4.31 Å². The number of sulfonamides is 1. The van der Waals surface area contributed by atoms with E-state index in [2.05, 4.69) is 27.7 Å². The molecule has 0 bridgehead atoms. The van der Waals surface area contributed by atoms with Crippen LogP contribution in [0.4, 0.5) is 5.00 Å². The Morgan fingerprint density at radius 2 is 1.63 bits per heavy atom. The summed E-state index contributed by atoms with van der Waals surface area (Å²) in [7, 11) is 0.779. The second kappa shape index (κ2) is 14.2. The summed E-state index contributed by atoms with van der Waals surface area (Å²) < 4.78 is 37.8. The van der Waals surface area contributed by atoms with Crippen molar-refractivity contribution in [2.24, 2.45) is 0 Å². The number of carbonyl (C=O) groups is 2. The molecule has 1 aliphatic rings. The fraction of sp³-hybridized carbons (Fsp3) is 0.379. The van der Waals surface area contributed by atoms with Crippen molar-refractivity contribution in [1.82, 2.24) is 14.5 Å². The van der Waals surface area contributed by atoms with Crippen LogP contribution in [0.25, 0.3) is 0 Å². The maximum atomic E-state index is 13.2.